The quantitative estimate of drug-likeness (QED) is 0.684. The Labute approximate surface area is 156 Å². The highest BCUT2D eigenvalue weighted by Crippen LogP contribution is 2.28. The Morgan fingerprint density at radius 2 is 2.04 bits per heavy atom. The van der Waals surface area contributed by atoms with Crippen LogP contribution >= 0.6 is 0 Å². The third kappa shape index (κ3) is 4.44. The number of nitrogens with zero attached hydrogens (tertiary/aromatic N) is 3. The van der Waals surface area contributed by atoms with Crippen molar-refractivity contribution in [3.8, 4) is 17.6 Å². The molecule has 3 rings (SSSR count). The standard InChI is InChI=1S/C20H18N4O3/c1-25-17-7-5-14(10-18(17)26-2)6-8-19-24-16(11-21)20(27-19)23-13-15-4-3-9-22-12-15/h3-10,12,23H,13H2,1-2H3/b8-6+. The minimum Gasteiger partial charge on any atom is -0.493 e. The van der Waals surface area contributed by atoms with Gasteiger partial charge in [-0.2, -0.15) is 10.2 Å². The van der Waals surface area contributed by atoms with Crippen LogP contribution in [0.5, 0.6) is 11.5 Å². The molecule has 0 aliphatic carbocycles. The Balaban J connectivity index is 1.75. The van der Waals surface area contributed by atoms with Gasteiger partial charge in [0.05, 0.1) is 14.2 Å². The molecule has 0 spiro atoms. The first kappa shape index (κ1) is 18.0. The summed E-state index contributed by atoms with van der Waals surface area (Å²) in [5.74, 6) is 1.94. The van der Waals surface area contributed by atoms with Crippen LogP contribution in [-0.4, -0.2) is 24.2 Å². The fourth-order valence-corrected chi connectivity index (χ4v) is 2.41. The van der Waals surface area contributed by atoms with E-state index in [1.807, 2.05) is 42.5 Å². The Morgan fingerprint density at radius 1 is 1.19 bits per heavy atom. The van der Waals surface area contributed by atoms with Crippen LogP contribution in [0.1, 0.15) is 22.7 Å². The van der Waals surface area contributed by atoms with Crippen LogP contribution in [0.4, 0.5) is 5.88 Å². The lowest BCUT2D eigenvalue weighted by molar-refractivity contribution is 0.355. The van der Waals surface area contributed by atoms with Gasteiger partial charge in [-0.3, -0.25) is 4.98 Å². The number of hydrogen-bond acceptors (Lipinski definition) is 7. The van der Waals surface area contributed by atoms with E-state index in [1.165, 1.54) is 0 Å². The topological polar surface area (TPSA) is 93.2 Å². The summed E-state index contributed by atoms with van der Waals surface area (Å²) in [5, 5.41) is 12.3. The molecule has 7 nitrogen and oxygen atoms in total. The minimum absolute atomic E-state index is 0.200. The molecule has 27 heavy (non-hydrogen) atoms. The zero-order valence-electron chi connectivity index (χ0n) is 15.0. The Morgan fingerprint density at radius 3 is 2.74 bits per heavy atom. The average molecular weight is 362 g/mol. The number of anilines is 1. The number of nitriles is 1. The van der Waals surface area contributed by atoms with Gasteiger partial charge in [-0.05, 0) is 35.4 Å². The Kier molecular flexibility index (Phi) is 5.70. The summed E-state index contributed by atoms with van der Waals surface area (Å²) < 4.78 is 16.2. The van der Waals surface area contributed by atoms with Crippen molar-refractivity contribution in [2.24, 2.45) is 0 Å². The van der Waals surface area contributed by atoms with Crippen LogP contribution in [-0.2, 0) is 6.54 Å². The van der Waals surface area contributed by atoms with Gasteiger partial charge in [0, 0.05) is 25.0 Å². The monoisotopic (exact) mass is 362 g/mol. The van der Waals surface area contributed by atoms with E-state index in [2.05, 4.69) is 15.3 Å². The summed E-state index contributed by atoms with van der Waals surface area (Å²) >= 11 is 0. The molecule has 136 valence electrons. The number of benzene rings is 1. The maximum absolute atomic E-state index is 9.26. The minimum atomic E-state index is 0.200. The molecule has 0 amide bonds. The van der Waals surface area contributed by atoms with Gasteiger partial charge in [-0.1, -0.05) is 12.1 Å². The molecular weight excluding hydrogens is 344 g/mol. The summed E-state index contributed by atoms with van der Waals surface area (Å²) in [5.41, 5.74) is 2.06. The van der Waals surface area contributed by atoms with Gasteiger partial charge < -0.3 is 19.2 Å². The molecule has 0 unspecified atom stereocenters. The highest BCUT2D eigenvalue weighted by molar-refractivity contribution is 5.68. The van der Waals surface area contributed by atoms with Gasteiger partial charge in [0.15, 0.2) is 11.5 Å². The van der Waals surface area contributed by atoms with Crippen LogP contribution in [0, 0.1) is 11.3 Å². The van der Waals surface area contributed by atoms with E-state index in [4.69, 9.17) is 13.9 Å². The summed E-state index contributed by atoms with van der Waals surface area (Å²) in [6.07, 6.45) is 6.96. The number of methoxy groups -OCH3 is 2. The second-order valence-corrected chi connectivity index (χ2v) is 5.50. The summed E-state index contributed by atoms with van der Waals surface area (Å²) in [4.78, 5) is 8.24. The van der Waals surface area contributed by atoms with E-state index < -0.39 is 0 Å². The van der Waals surface area contributed by atoms with Crippen molar-refractivity contribution in [1.82, 2.24) is 9.97 Å². The molecular formula is C20H18N4O3. The third-order valence-electron chi connectivity index (χ3n) is 3.75. The highest BCUT2D eigenvalue weighted by Gasteiger charge is 2.11. The van der Waals surface area contributed by atoms with Crippen LogP contribution in [0.25, 0.3) is 12.2 Å². The SMILES string of the molecule is COc1ccc(/C=C/c2nc(C#N)c(NCc3cccnc3)o2)cc1OC. The van der Waals surface area contributed by atoms with E-state index in [0.29, 0.717) is 29.8 Å². The summed E-state index contributed by atoms with van der Waals surface area (Å²) in [6.45, 7) is 0.483. The van der Waals surface area contributed by atoms with E-state index in [-0.39, 0.29) is 5.69 Å². The third-order valence-corrected chi connectivity index (χ3v) is 3.75. The zero-order valence-corrected chi connectivity index (χ0v) is 15.0. The normalized spacial score (nSPS) is 10.6. The largest absolute Gasteiger partial charge is 0.493 e. The van der Waals surface area contributed by atoms with Crippen LogP contribution in [0.15, 0.2) is 47.1 Å². The molecule has 0 aliphatic rings. The number of hydrogen-bond donors (Lipinski definition) is 1. The fourth-order valence-electron chi connectivity index (χ4n) is 2.41. The first-order chi connectivity index (χ1) is 13.2. The molecule has 1 aromatic carbocycles. The fraction of sp³-hybridized carbons (Fsp3) is 0.150. The van der Waals surface area contributed by atoms with Gasteiger partial charge in [-0.25, -0.2) is 0 Å². The molecule has 0 saturated heterocycles. The molecule has 7 heteroatoms. The van der Waals surface area contributed by atoms with Gasteiger partial charge in [-0.15, -0.1) is 0 Å². The maximum atomic E-state index is 9.26. The molecule has 0 fully saturated rings. The van der Waals surface area contributed by atoms with Gasteiger partial charge >= 0.3 is 0 Å². The lowest BCUT2D eigenvalue weighted by atomic mass is 10.2. The molecule has 3 aromatic rings. The van der Waals surface area contributed by atoms with E-state index in [9.17, 15) is 5.26 Å². The molecule has 0 aliphatic heterocycles. The summed E-state index contributed by atoms with van der Waals surface area (Å²) in [7, 11) is 3.17. The van der Waals surface area contributed by atoms with E-state index in [0.717, 1.165) is 11.1 Å². The highest BCUT2D eigenvalue weighted by atomic mass is 16.5. The van der Waals surface area contributed by atoms with Crippen LogP contribution < -0.4 is 14.8 Å². The Hall–Kier alpha value is -3.79. The number of nitrogens with one attached hydrogen (secondary N) is 1. The molecule has 1 N–H and O–H groups in total. The predicted molar refractivity (Wildman–Crippen MR) is 101 cm³/mol. The number of oxazole rings is 1. The molecule has 2 aromatic heterocycles. The Bertz CT molecular complexity index is 975. The van der Waals surface area contributed by atoms with Crippen molar-refractivity contribution in [3.05, 3.63) is 65.4 Å². The smallest absolute Gasteiger partial charge is 0.232 e. The lowest BCUT2D eigenvalue weighted by Crippen LogP contribution is -1.99. The number of rotatable bonds is 7. The number of ether oxygens (including phenoxy) is 2. The first-order valence-corrected chi connectivity index (χ1v) is 8.17. The van der Waals surface area contributed by atoms with E-state index >= 15 is 0 Å². The molecule has 2 heterocycles. The molecule has 0 bridgehead atoms. The van der Waals surface area contributed by atoms with Crippen molar-refractivity contribution in [2.75, 3.05) is 19.5 Å². The molecule has 0 radical (unpaired) electrons. The van der Waals surface area contributed by atoms with Crippen molar-refractivity contribution < 1.29 is 13.9 Å². The van der Waals surface area contributed by atoms with Crippen molar-refractivity contribution in [3.63, 3.8) is 0 Å². The maximum Gasteiger partial charge on any atom is 0.232 e. The predicted octanol–water partition coefficient (Wildman–Crippen LogP) is 3.74. The second kappa shape index (κ2) is 8.54. The molecule has 0 saturated carbocycles. The van der Waals surface area contributed by atoms with Gasteiger partial charge in [0.1, 0.15) is 6.07 Å². The number of aromatic nitrogens is 2. The number of pyridine rings is 1. The van der Waals surface area contributed by atoms with Crippen LogP contribution in [0.3, 0.4) is 0 Å². The van der Waals surface area contributed by atoms with Crippen molar-refractivity contribution in [1.29, 1.82) is 5.26 Å². The van der Waals surface area contributed by atoms with E-state index in [1.54, 1.807) is 32.7 Å². The van der Waals surface area contributed by atoms with Crippen LogP contribution in [0.2, 0.25) is 0 Å². The average Bonchev–Trinajstić information content (AvgIpc) is 3.13. The van der Waals surface area contributed by atoms with Gasteiger partial charge in [0.2, 0.25) is 17.5 Å². The first-order valence-electron chi connectivity index (χ1n) is 8.17. The lowest BCUT2D eigenvalue weighted by Gasteiger charge is -2.07. The summed E-state index contributed by atoms with van der Waals surface area (Å²) in [6, 6.07) is 11.3. The zero-order chi connectivity index (χ0) is 19.1. The second-order valence-electron chi connectivity index (χ2n) is 5.50. The van der Waals surface area contributed by atoms with Gasteiger partial charge in [0.25, 0.3) is 0 Å². The van der Waals surface area contributed by atoms with Crippen molar-refractivity contribution >= 4 is 18.0 Å². The van der Waals surface area contributed by atoms with Crippen molar-refractivity contribution in [2.45, 2.75) is 6.54 Å². The molecule has 0 atom stereocenters.